The van der Waals surface area contributed by atoms with Crippen molar-refractivity contribution < 1.29 is 17.9 Å². The molecule has 29 heavy (non-hydrogen) atoms. The largest absolute Gasteiger partial charge is 0.496 e. The lowest BCUT2D eigenvalue weighted by atomic mass is 9.73. The molecule has 0 spiro atoms. The van der Waals surface area contributed by atoms with Gasteiger partial charge in [0.1, 0.15) is 5.75 Å². The number of hydrogen-bond donors (Lipinski definition) is 2. The Morgan fingerprint density at radius 3 is 2.45 bits per heavy atom. The number of hydrogen-bond acceptors (Lipinski definition) is 4. The number of carbonyl (C=O) groups is 1. The second-order valence-electron chi connectivity index (χ2n) is 7.12. The van der Waals surface area contributed by atoms with E-state index in [-0.39, 0.29) is 5.91 Å². The molecule has 3 rings (SSSR count). The Morgan fingerprint density at radius 2 is 1.86 bits per heavy atom. The molecule has 0 atom stereocenters. The number of rotatable bonds is 6. The van der Waals surface area contributed by atoms with E-state index in [1.165, 1.54) is 11.4 Å². The molecule has 0 bridgehead atoms. The summed E-state index contributed by atoms with van der Waals surface area (Å²) in [6, 6.07) is 14.7. The minimum atomic E-state index is -3.73. The zero-order chi connectivity index (χ0) is 21.1. The maximum absolute atomic E-state index is 12.8. The third-order valence-electron chi connectivity index (χ3n) is 5.42. The minimum Gasteiger partial charge on any atom is -0.496 e. The molecule has 3 N–H and O–H groups in total. The van der Waals surface area contributed by atoms with Gasteiger partial charge in [0, 0.05) is 30.1 Å². The van der Waals surface area contributed by atoms with Crippen molar-refractivity contribution in [3.63, 3.8) is 0 Å². The lowest BCUT2D eigenvalue weighted by Crippen LogP contribution is -2.51. The van der Waals surface area contributed by atoms with E-state index < -0.39 is 15.6 Å². The van der Waals surface area contributed by atoms with Gasteiger partial charge in [0.2, 0.25) is 0 Å². The molecule has 0 aliphatic carbocycles. The van der Waals surface area contributed by atoms with Crippen LogP contribution in [0.5, 0.6) is 5.75 Å². The fourth-order valence-corrected chi connectivity index (χ4v) is 4.59. The van der Waals surface area contributed by atoms with E-state index in [2.05, 4.69) is 5.32 Å². The summed E-state index contributed by atoms with van der Waals surface area (Å²) in [6.45, 7) is 0.943. The highest BCUT2D eigenvalue weighted by molar-refractivity contribution is 7.86. The predicted molar refractivity (Wildman–Crippen MR) is 112 cm³/mol. The quantitative estimate of drug-likeness (QED) is 0.723. The van der Waals surface area contributed by atoms with Crippen molar-refractivity contribution in [2.24, 2.45) is 5.14 Å². The Balaban J connectivity index is 1.82. The first-order valence-electron chi connectivity index (χ1n) is 9.20. The molecule has 2 aromatic carbocycles. The molecule has 7 nitrogen and oxygen atoms in total. The summed E-state index contributed by atoms with van der Waals surface area (Å²) in [7, 11) is -2.24. The molecule has 1 saturated heterocycles. The van der Waals surface area contributed by atoms with E-state index >= 15 is 0 Å². The summed E-state index contributed by atoms with van der Waals surface area (Å²) >= 11 is 6.04. The zero-order valence-electron chi connectivity index (χ0n) is 16.1. The Morgan fingerprint density at radius 1 is 1.21 bits per heavy atom. The van der Waals surface area contributed by atoms with Gasteiger partial charge in [-0.3, -0.25) is 4.79 Å². The van der Waals surface area contributed by atoms with Gasteiger partial charge >= 0.3 is 0 Å². The molecule has 1 amide bonds. The van der Waals surface area contributed by atoms with Crippen LogP contribution in [-0.4, -0.2) is 45.4 Å². The van der Waals surface area contributed by atoms with Crippen LogP contribution in [0.25, 0.3) is 0 Å². The highest BCUT2D eigenvalue weighted by Crippen LogP contribution is 2.35. The van der Waals surface area contributed by atoms with Crippen LogP contribution in [0.2, 0.25) is 5.02 Å². The van der Waals surface area contributed by atoms with E-state index in [0.717, 1.165) is 5.56 Å². The first-order valence-corrected chi connectivity index (χ1v) is 11.1. The van der Waals surface area contributed by atoms with Crippen LogP contribution in [0.15, 0.2) is 48.5 Å². The highest BCUT2D eigenvalue weighted by Gasteiger charge is 2.39. The van der Waals surface area contributed by atoms with Gasteiger partial charge in [-0.1, -0.05) is 41.9 Å². The van der Waals surface area contributed by atoms with Crippen LogP contribution < -0.4 is 15.2 Å². The molecule has 1 aliphatic heterocycles. The van der Waals surface area contributed by atoms with Crippen LogP contribution in [0.3, 0.4) is 0 Å². The van der Waals surface area contributed by atoms with Crippen LogP contribution in [0.1, 0.15) is 28.8 Å². The van der Waals surface area contributed by atoms with E-state index in [9.17, 15) is 13.2 Å². The van der Waals surface area contributed by atoms with Crippen LogP contribution >= 0.6 is 11.6 Å². The molecule has 0 aromatic heterocycles. The van der Waals surface area contributed by atoms with Gasteiger partial charge in [-0.15, -0.1) is 0 Å². The Hall–Kier alpha value is -2.13. The first kappa shape index (κ1) is 21.6. The topological polar surface area (TPSA) is 102 Å². The monoisotopic (exact) mass is 437 g/mol. The van der Waals surface area contributed by atoms with Gasteiger partial charge in [-0.2, -0.15) is 12.7 Å². The Kier molecular flexibility index (Phi) is 6.48. The lowest BCUT2D eigenvalue weighted by Gasteiger charge is -2.41. The number of halogens is 1. The van der Waals surface area contributed by atoms with Crippen LogP contribution in [0, 0.1) is 0 Å². The average molecular weight is 438 g/mol. The number of benzene rings is 2. The Labute approximate surface area is 176 Å². The number of nitrogens with two attached hydrogens (primary N) is 1. The van der Waals surface area contributed by atoms with Crippen molar-refractivity contribution in [1.82, 2.24) is 9.62 Å². The van der Waals surface area contributed by atoms with Crippen molar-refractivity contribution in [3.8, 4) is 5.75 Å². The SMILES string of the molecule is COc1ccc(Cl)cc1C(=O)NCC1(c2ccccc2)CCN(S(N)(=O)=O)CC1. The highest BCUT2D eigenvalue weighted by atomic mass is 35.5. The van der Waals surface area contributed by atoms with Crippen LogP contribution in [-0.2, 0) is 15.6 Å². The van der Waals surface area contributed by atoms with Gasteiger partial charge in [-0.25, -0.2) is 5.14 Å². The van der Waals surface area contributed by atoms with Crippen molar-refractivity contribution in [2.45, 2.75) is 18.3 Å². The van der Waals surface area contributed by atoms with Gasteiger partial charge in [-0.05, 0) is 36.6 Å². The number of piperidine rings is 1. The summed E-state index contributed by atoms with van der Waals surface area (Å²) in [5.74, 6) is 0.137. The molecule has 0 radical (unpaired) electrons. The van der Waals surface area contributed by atoms with Gasteiger partial charge in [0.15, 0.2) is 0 Å². The third kappa shape index (κ3) is 4.90. The molecule has 1 aliphatic rings. The number of carbonyl (C=O) groups excluding carboxylic acids is 1. The van der Waals surface area contributed by atoms with Crippen molar-refractivity contribution in [2.75, 3.05) is 26.7 Å². The van der Waals surface area contributed by atoms with Gasteiger partial charge < -0.3 is 10.1 Å². The van der Waals surface area contributed by atoms with Crippen molar-refractivity contribution in [3.05, 3.63) is 64.7 Å². The molecule has 1 fully saturated rings. The van der Waals surface area contributed by atoms with E-state index in [1.807, 2.05) is 30.3 Å². The number of amides is 1. The number of ether oxygens (including phenoxy) is 1. The van der Waals surface area contributed by atoms with E-state index in [0.29, 0.717) is 48.8 Å². The standard InChI is InChI=1S/C20H24ClN3O4S/c1-28-18-8-7-16(21)13-17(18)19(25)23-14-20(15-5-3-2-4-6-15)9-11-24(12-10-20)29(22,26)27/h2-8,13H,9-12,14H2,1H3,(H,23,25)(H2,22,26,27). The van der Waals surface area contributed by atoms with Gasteiger partial charge in [0.05, 0.1) is 12.7 Å². The average Bonchev–Trinajstić information content (AvgIpc) is 2.72. The minimum absolute atomic E-state index is 0.296. The van der Waals surface area contributed by atoms with Crippen molar-refractivity contribution in [1.29, 1.82) is 0 Å². The normalized spacial score (nSPS) is 16.9. The predicted octanol–water partition coefficient (Wildman–Crippen LogP) is 2.32. The van der Waals surface area contributed by atoms with Crippen LogP contribution in [0.4, 0.5) is 0 Å². The third-order valence-corrected chi connectivity index (χ3v) is 6.74. The molecule has 9 heteroatoms. The number of methoxy groups -OCH3 is 1. The maximum atomic E-state index is 12.8. The first-order chi connectivity index (χ1) is 13.7. The number of nitrogens with zero attached hydrogens (tertiary/aromatic N) is 1. The fraction of sp³-hybridized carbons (Fsp3) is 0.350. The summed E-state index contributed by atoms with van der Waals surface area (Å²) in [5.41, 5.74) is 1.00. The summed E-state index contributed by atoms with van der Waals surface area (Å²) < 4.78 is 29.9. The second-order valence-corrected chi connectivity index (χ2v) is 9.10. The second kappa shape index (κ2) is 8.71. The lowest BCUT2D eigenvalue weighted by molar-refractivity contribution is 0.0930. The molecular weight excluding hydrogens is 414 g/mol. The van der Waals surface area contributed by atoms with Gasteiger partial charge in [0.25, 0.3) is 16.1 Å². The Bertz CT molecular complexity index is 974. The smallest absolute Gasteiger partial charge is 0.276 e. The van der Waals surface area contributed by atoms with E-state index in [4.69, 9.17) is 21.5 Å². The maximum Gasteiger partial charge on any atom is 0.276 e. The van der Waals surface area contributed by atoms with E-state index in [1.54, 1.807) is 18.2 Å². The molecule has 2 aromatic rings. The zero-order valence-corrected chi connectivity index (χ0v) is 17.7. The summed E-state index contributed by atoms with van der Waals surface area (Å²) in [4.78, 5) is 12.8. The summed E-state index contributed by atoms with van der Waals surface area (Å²) in [6.07, 6.45) is 1.08. The fourth-order valence-electron chi connectivity index (χ4n) is 3.73. The molecule has 156 valence electrons. The van der Waals surface area contributed by atoms with Crippen molar-refractivity contribution >= 4 is 27.7 Å². The summed E-state index contributed by atoms with van der Waals surface area (Å²) in [5, 5.41) is 8.71. The molecule has 1 heterocycles. The molecule has 0 unspecified atom stereocenters. The number of nitrogens with one attached hydrogen (secondary N) is 1. The molecular formula is C20H24ClN3O4S. The molecule has 0 saturated carbocycles.